The number of piperidine rings is 1. The second-order valence-corrected chi connectivity index (χ2v) is 8.47. The van der Waals surface area contributed by atoms with E-state index in [-0.39, 0.29) is 23.1 Å². The topological polar surface area (TPSA) is 58.6 Å². The number of benzene rings is 2. The number of methoxy groups -OCH3 is 1. The van der Waals surface area contributed by atoms with Crippen LogP contribution in [0, 0.1) is 18.3 Å². The van der Waals surface area contributed by atoms with Gasteiger partial charge >= 0.3 is 0 Å². The van der Waals surface area contributed by atoms with E-state index in [0.717, 1.165) is 30.4 Å². The van der Waals surface area contributed by atoms with Crippen molar-refractivity contribution < 1.29 is 14.3 Å². The molecule has 5 nitrogen and oxygen atoms in total. The number of amides is 2. The number of nitrogens with zero attached hydrogens (tertiary/aromatic N) is 1. The van der Waals surface area contributed by atoms with Gasteiger partial charge in [-0.05, 0) is 61.4 Å². The SMILES string of the molecule is COc1ccc(NC(=O)C2CC23CCN(C(=O)c2ccccc2C)CC3)cc1Cl. The molecule has 152 valence electrons. The summed E-state index contributed by atoms with van der Waals surface area (Å²) in [5.41, 5.74) is 2.47. The standard InChI is InChI=1S/C23H25ClN2O3/c1-15-5-3-4-6-17(15)22(28)26-11-9-23(10-12-26)14-18(23)21(27)25-16-7-8-20(29-2)19(24)13-16/h3-8,13,18H,9-12,14H2,1-2H3,(H,25,27). The molecule has 6 heteroatoms. The molecule has 0 radical (unpaired) electrons. The van der Waals surface area contributed by atoms with E-state index in [0.29, 0.717) is 29.5 Å². The van der Waals surface area contributed by atoms with Gasteiger partial charge < -0.3 is 15.0 Å². The number of halogens is 1. The van der Waals surface area contributed by atoms with Gasteiger partial charge in [0.25, 0.3) is 5.91 Å². The van der Waals surface area contributed by atoms with E-state index in [1.807, 2.05) is 36.1 Å². The van der Waals surface area contributed by atoms with E-state index < -0.39 is 0 Å². The largest absolute Gasteiger partial charge is 0.495 e. The third-order valence-electron chi connectivity index (χ3n) is 6.35. The van der Waals surface area contributed by atoms with Gasteiger partial charge in [0.2, 0.25) is 5.91 Å². The number of carbonyl (C=O) groups excluding carboxylic acids is 2. The Hall–Kier alpha value is -2.53. The summed E-state index contributed by atoms with van der Waals surface area (Å²) in [4.78, 5) is 27.5. The van der Waals surface area contributed by atoms with Crippen LogP contribution in [0.2, 0.25) is 5.02 Å². The highest BCUT2D eigenvalue weighted by molar-refractivity contribution is 6.32. The maximum absolute atomic E-state index is 12.8. The van der Waals surface area contributed by atoms with Gasteiger partial charge in [-0.3, -0.25) is 9.59 Å². The third-order valence-corrected chi connectivity index (χ3v) is 6.64. The Kier molecular flexibility index (Phi) is 5.26. The van der Waals surface area contributed by atoms with Crippen molar-refractivity contribution in [2.45, 2.75) is 26.2 Å². The van der Waals surface area contributed by atoms with Gasteiger partial charge in [0.15, 0.2) is 0 Å². The zero-order valence-corrected chi connectivity index (χ0v) is 17.5. The van der Waals surface area contributed by atoms with Crippen LogP contribution in [0.4, 0.5) is 5.69 Å². The van der Waals surface area contributed by atoms with Crippen LogP contribution < -0.4 is 10.1 Å². The number of rotatable bonds is 4. The van der Waals surface area contributed by atoms with E-state index in [1.165, 1.54) is 0 Å². The summed E-state index contributed by atoms with van der Waals surface area (Å²) in [6.45, 7) is 3.36. The van der Waals surface area contributed by atoms with Crippen molar-refractivity contribution in [2.75, 3.05) is 25.5 Å². The Bertz CT molecular complexity index is 951. The van der Waals surface area contributed by atoms with Crippen molar-refractivity contribution in [3.05, 3.63) is 58.6 Å². The predicted octanol–water partition coefficient (Wildman–Crippen LogP) is 4.54. The van der Waals surface area contributed by atoms with Crippen molar-refractivity contribution in [3.63, 3.8) is 0 Å². The smallest absolute Gasteiger partial charge is 0.254 e. The van der Waals surface area contributed by atoms with Crippen LogP contribution in [-0.2, 0) is 4.79 Å². The van der Waals surface area contributed by atoms with Gasteiger partial charge in [-0.15, -0.1) is 0 Å². The third kappa shape index (κ3) is 3.84. The van der Waals surface area contributed by atoms with Crippen LogP contribution in [0.1, 0.15) is 35.2 Å². The van der Waals surface area contributed by atoms with Crippen LogP contribution in [-0.4, -0.2) is 36.9 Å². The number of anilines is 1. The molecular weight excluding hydrogens is 388 g/mol. The Morgan fingerprint density at radius 3 is 2.55 bits per heavy atom. The van der Waals surface area contributed by atoms with E-state index in [2.05, 4.69) is 5.32 Å². The molecular formula is C23H25ClN2O3. The number of hydrogen-bond donors (Lipinski definition) is 1. The van der Waals surface area contributed by atoms with Crippen LogP contribution in [0.25, 0.3) is 0 Å². The molecule has 2 fully saturated rings. The Labute approximate surface area is 176 Å². The highest BCUT2D eigenvalue weighted by Crippen LogP contribution is 2.59. The van der Waals surface area contributed by atoms with E-state index in [1.54, 1.807) is 25.3 Å². The first-order valence-electron chi connectivity index (χ1n) is 9.93. The molecule has 2 amide bonds. The molecule has 1 saturated heterocycles. The molecule has 29 heavy (non-hydrogen) atoms. The summed E-state index contributed by atoms with van der Waals surface area (Å²) in [5, 5.41) is 3.45. The van der Waals surface area contributed by atoms with Gasteiger partial charge in [-0.2, -0.15) is 0 Å². The lowest BCUT2D eigenvalue weighted by Gasteiger charge is -2.33. The predicted molar refractivity (Wildman–Crippen MR) is 113 cm³/mol. The first kappa shape index (κ1) is 19.8. The van der Waals surface area contributed by atoms with Crippen LogP contribution in [0.15, 0.2) is 42.5 Å². The second-order valence-electron chi connectivity index (χ2n) is 8.06. The summed E-state index contributed by atoms with van der Waals surface area (Å²) in [7, 11) is 1.56. The Morgan fingerprint density at radius 2 is 1.90 bits per heavy atom. The quantitative estimate of drug-likeness (QED) is 0.802. The van der Waals surface area contributed by atoms with Gasteiger partial charge in [-0.25, -0.2) is 0 Å². The lowest BCUT2D eigenvalue weighted by atomic mass is 9.90. The maximum atomic E-state index is 12.8. The average Bonchev–Trinajstić information content (AvgIpc) is 3.42. The van der Waals surface area contributed by atoms with Crippen LogP contribution in [0.3, 0.4) is 0 Å². The summed E-state index contributed by atoms with van der Waals surface area (Å²) < 4.78 is 5.15. The van der Waals surface area contributed by atoms with Crippen molar-refractivity contribution >= 4 is 29.1 Å². The number of ether oxygens (including phenoxy) is 1. The molecule has 1 atom stereocenters. The molecule has 1 spiro atoms. The zero-order chi connectivity index (χ0) is 20.6. The van der Waals surface area contributed by atoms with E-state index in [4.69, 9.17) is 16.3 Å². The van der Waals surface area contributed by atoms with Gasteiger partial charge in [-0.1, -0.05) is 29.8 Å². The molecule has 1 aliphatic carbocycles. The Balaban J connectivity index is 1.34. The van der Waals surface area contributed by atoms with Gasteiger partial charge in [0.1, 0.15) is 5.75 Å². The summed E-state index contributed by atoms with van der Waals surface area (Å²) >= 11 is 6.14. The van der Waals surface area contributed by atoms with Crippen LogP contribution >= 0.6 is 11.6 Å². The molecule has 0 aromatic heterocycles. The van der Waals surface area contributed by atoms with E-state index >= 15 is 0 Å². The second kappa shape index (κ2) is 7.71. The van der Waals surface area contributed by atoms with Crippen molar-refractivity contribution in [3.8, 4) is 5.75 Å². The number of carbonyl (C=O) groups is 2. The molecule has 4 rings (SSSR count). The van der Waals surface area contributed by atoms with Crippen molar-refractivity contribution in [1.29, 1.82) is 0 Å². The lowest BCUT2D eigenvalue weighted by Crippen LogP contribution is -2.40. The minimum absolute atomic E-state index is 0.000842. The summed E-state index contributed by atoms with van der Waals surface area (Å²) in [5.74, 6) is 0.703. The van der Waals surface area contributed by atoms with E-state index in [9.17, 15) is 9.59 Å². The molecule has 0 bridgehead atoms. The molecule has 1 heterocycles. The molecule has 1 unspecified atom stereocenters. The maximum Gasteiger partial charge on any atom is 0.254 e. The zero-order valence-electron chi connectivity index (χ0n) is 16.7. The van der Waals surface area contributed by atoms with Crippen molar-refractivity contribution in [2.24, 2.45) is 11.3 Å². The summed E-state index contributed by atoms with van der Waals surface area (Å²) in [6.07, 6.45) is 2.62. The highest BCUT2D eigenvalue weighted by Gasteiger charge is 2.58. The first-order chi connectivity index (χ1) is 13.9. The molecule has 2 aromatic rings. The fourth-order valence-electron chi connectivity index (χ4n) is 4.38. The lowest BCUT2D eigenvalue weighted by molar-refractivity contribution is -0.118. The Morgan fingerprint density at radius 1 is 1.17 bits per heavy atom. The van der Waals surface area contributed by atoms with Crippen molar-refractivity contribution in [1.82, 2.24) is 4.90 Å². The fraction of sp³-hybridized carbons (Fsp3) is 0.391. The number of nitrogens with one attached hydrogen (secondary N) is 1. The van der Waals surface area contributed by atoms with Crippen LogP contribution in [0.5, 0.6) is 5.75 Å². The minimum Gasteiger partial charge on any atom is -0.495 e. The molecule has 2 aromatic carbocycles. The highest BCUT2D eigenvalue weighted by atomic mass is 35.5. The number of hydrogen-bond acceptors (Lipinski definition) is 3. The fourth-order valence-corrected chi connectivity index (χ4v) is 4.64. The average molecular weight is 413 g/mol. The molecule has 1 N–H and O–H groups in total. The summed E-state index contributed by atoms with van der Waals surface area (Å²) in [6, 6.07) is 12.9. The van der Waals surface area contributed by atoms with Gasteiger partial charge in [0, 0.05) is 30.3 Å². The monoisotopic (exact) mass is 412 g/mol. The minimum atomic E-state index is -0.000842. The molecule has 1 aliphatic heterocycles. The molecule has 1 saturated carbocycles. The first-order valence-corrected chi connectivity index (χ1v) is 10.3. The number of likely N-dealkylation sites (tertiary alicyclic amines) is 1. The van der Waals surface area contributed by atoms with Gasteiger partial charge in [0.05, 0.1) is 12.1 Å². The number of aryl methyl sites for hydroxylation is 1. The molecule has 2 aliphatic rings. The normalized spacial score (nSPS) is 19.7.